The Morgan fingerprint density at radius 1 is 1.22 bits per heavy atom. The van der Waals surface area contributed by atoms with Gasteiger partial charge in [-0.3, -0.25) is 9.59 Å². The molecule has 0 rings (SSSR count). The van der Waals surface area contributed by atoms with Crippen LogP contribution in [0.5, 0.6) is 0 Å². The van der Waals surface area contributed by atoms with Crippen LogP contribution >= 0.6 is 0 Å². The molecule has 18 heavy (non-hydrogen) atoms. The summed E-state index contributed by atoms with van der Waals surface area (Å²) >= 11 is 0. The Morgan fingerprint density at radius 3 is 2.06 bits per heavy atom. The Hall–Kier alpha value is -0.883. The van der Waals surface area contributed by atoms with Crippen LogP contribution in [-0.2, 0) is 18.8 Å². The molecule has 106 valence electrons. The van der Waals surface area contributed by atoms with Crippen LogP contribution in [0.25, 0.3) is 0 Å². The van der Waals surface area contributed by atoms with Crippen molar-refractivity contribution in [3.63, 3.8) is 0 Å². The summed E-state index contributed by atoms with van der Waals surface area (Å²) in [6.45, 7) is 10.2. The van der Waals surface area contributed by atoms with Crippen molar-refractivity contribution in [2.75, 3.05) is 7.11 Å². The summed E-state index contributed by atoms with van der Waals surface area (Å²) in [5, 5.41) is 8.82. The maximum atomic E-state index is 11.3. The zero-order valence-corrected chi connectivity index (χ0v) is 13.1. The predicted octanol–water partition coefficient (Wildman–Crippen LogP) is 2.41. The monoisotopic (exact) mass is 276 g/mol. The van der Waals surface area contributed by atoms with E-state index >= 15 is 0 Å². The van der Waals surface area contributed by atoms with Crippen LogP contribution in [0.15, 0.2) is 0 Å². The van der Waals surface area contributed by atoms with E-state index in [4.69, 9.17) is 9.53 Å². The van der Waals surface area contributed by atoms with Gasteiger partial charge in [0.15, 0.2) is 8.32 Å². The molecule has 1 N–H and O–H groups in total. The molecule has 0 amide bonds. The van der Waals surface area contributed by atoms with Gasteiger partial charge in [-0.25, -0.2) is 0 Å². The molecule has 6 heteroatoms. The Bertz CT molecular complexity index is 306. The molecule has 0 fully saturated rings. The van der Waals surface area contributed by atoms with Gasteiger partial charge in [-0.2, -0.15) is 0 Å². The maximum Gasteiger partial charge on any atom is 0.308 e. The topological polar surface area (TPSA) is 72.8 Å². The maximum absolute atomic E-state index is 11.3. The molecule has 0 unspecified atom stereocenters. The first-order valence-corrected chi connectivity index (χ1v) is 8.87. The van der Waals surface area contributed by atoms with Crippen LogP contribution in [0.4, 0.5) is 0 Å². The average Bonchev–Trinajstić information content (AvgIpc) is 2.13. The molecule has 0 aliphatic carbocycles. The lowest BCUT2D eigenvalue weighted by Gasteiger charge is -2.38. The predicted molar refractivity (Wildman–Crippen MR) is 71.0 cm³/mol. The molecule has 0 saturated heterocycles. The van der Waals surface area contributed by atoms with E-state index in [-0.39, 0.29) is 17.9 Å². The SMILES string of the molecule is COC(=O)C[C@@H](CC(=O)O)O[Si](C)(C)C(C)(C)C. The molecule has 0 radical (unpaired) electrons. The molecule has 0 aromatic heterocycles. The minimum Gasteiger partial charge on any atom is -0.481 e. The Morgan fingerprint density at radius 2 is 1.72 bits per heavy atom. The molecule has 0 aliphatic rings. The molecule has 0 spiro atoms. The van der Waals surface area contributed by atoms with Crippen molar-refractivity contribution in [2.45, 2.75) is 57.8 Å². The summed E-state index contributed by atoms with van der Waals surface area (Å²) in [7, 11) is -0.801. The third-order valence-electron chi connectivity index (χ3n) is 3.29. The number of esters is 1. The quantitative estimate of drug-likeness (QED) is 0.596. The molecule has 0 aromatic carbocycles. The Kier molecular flexibility index (Phi) is 6.02. The summed E-state index contributed by atoms with van der Waals surface area (Å²) in [6, 6.07) is 0. The highest BCUT2D eigenvalue weighted by atomic mass is 28.4. The third-order valence-corrected chi connectivity index (χ3v) is 7.83. The van der Waals surface area contributed by atoms with Gasteiger partial charge >= 0.3 is 11.9 Å². The Balaban J connectivity index is 4.78. The second kappa shape index (κ2) is 6.33. The van der Waals surface area contributed by atoms with E-state index < -0.39 is 26.4 Å². The number of carbonyl (C=O) groups is 2. The molecule has 1 atom stereocenters. The van der Waals surface area contributed by atoms with E-state index in [2.05, 4.69) is 25.5 Å². The second-order valence-electron chi connectivity index (χ2n) is 5.88. The third kappa shape index (κ3) is 5.64. The summed E-state index contributed by atoms with van der Waals surface area (Å²) in [6.07, 6.45) is -0.812. The smallest absolute Gasteiger partial charge is 0.308 e. The van der Waals surface area contributed by atoms with Crippen molar-refractivity contribution in [2.24, 2.45) is 0 Å². The standard InChI is InChI=1S/C12H24O5Si/c1-12(2,3)18(5,6)17-9(7-10(13)14)8-11(15)16-4/h9H,7-8H2,1-6H3,(H,13,14)/t9-/m1/s1. The average molecular weight is 276 g/mol. The minimum absolute atomic E-state index is 0.0185. The van der Waals surface area contributed by atoms with Gasteiger partial charge in [0.2, 0.25) is 0 Å². The van der Waals surface area contributed by atoms with Crippen molar-refractivity contribution in [1.29, 1.82) is 0 Å². The van der Waals surface area contributed by atoms with E-state index in [0.29, 0.717) is 0 Å². The Labute approximate surface area is 110 Å². The lowest BCUT2D eigenvalue weighted by atomic mass is 10.2. The molecular formula is C12H24O5Si. The van der Waals surface area contributed by atoms with Crippen LogP contribution in [0.1, 0.15) is 33.6 Å². The first-order chi connectivity index (χ1) is 7.99. The van der Waals surface area contributed by atoms with Gasteiger partial charge in [0.25, 0.3) is 0 Å². The normalized spacial score (nSPS) is 14.1. The summed E-state index contributed by atoms with van der Waals surface area (Å²) in [4.78, 5) is 22.1. The summed E-state index contributed by atoms with van der Waals surface area (Å²) < 4.78 is 10.5. The lowest BCUT2D eigenvalue weighted by molar-refractivity contribution is -0.144. The van der Waals surface area contributed by atoms with Crippen LogP contribution < -0.4 is 0 Å². The van der Waals surface area contributed by atoms with Gasteiger partial charge in [0, 0.05) is 0 Å². The van der Waals surface area contributed by atoms with Crippen LogP contribution in [0.3, 0.4) is 0 Å². The van der Waals surface area contributed by atoms with E-state index in [1.165, 1.54) is 7.11 Å². The molecule has 0 saturated carbocycles. The summed E-state index contributed by atoms with van der Waals surface area (Å²) in [5.74, 6) is -1.41. The molecule has 5 nitrogen and oxygen atoms in total. The van der Waals surface area contributed by atoms with E-state index in [0.717, 1.165) is 0 Å². The zero-order valence-electron chi connectivity index (χ0n) is 12.1. The van der Waals surface area contributed by atoms with Gasteiger partial charge in [0.05, 0.1) is 26.1 Å². The fraction of sp³-hybridized carbons (Fsp3) is 0.833. The fourth-order valence-corrected chi connectivity index (χ4v) is 2.57. The van der Waals surface area contributed by atoms with Crippen molar-refractivity contribution in [1.82, 2.24) is 0 Å². The number of hydrogen-bond acceptors (Lipinski definition) is 4. The number of hydrogen-bond donors (Lipinski definition) is 1. The number of methoxy groups -OCH3 is 1. The van der Waals surface area contributed by atoms with Gasteiger partial charge in [-0.1, -0.05) is 20.8 Å². The van der Waals surface area contributed by atoms with Crippen LogP contribution in [-0.4, -0.2) is 38.6 Å². The van der Waals surface area contributed by atoms with Crippen LogP contribution in [0.2, 0.25) is 18.1 Å². The lowest BCUT2D eigenvalue weighted by Crippen LogP contribution is -2.45. The number of rotatable bonds is 6. The largest absolute Gasteiger partial charge is 0.481 e. The molecule has 0 bridgehead atoms. The van der Waals surface area contributed by atoms with Gasteiger partial charge in [-0.15, -0.1) is 0 Å². The number of carbonyl (C=O) groups excluding carboxylic acids is 1. The van der Waals surface area contributed by atoms with Crippen molar-refractivity contribution in [3.8, 4) is 0 Å². The minimum atomic E-state index is -2.09. The molecule has 0 aromatic rings. The highest BCUT2D eigenvalue weighted by molar-refractivity contribution is 6.74. The van der Waals surface area contributed by atoms with Crippen molar-refractivity contribution >= 4 is 20.3 Å². The molecule has 0 aliphatic heterocycles. The second-order valence-corrected chi connectivity index (χ2v) is 10.6. The van der Waals surface area contributed by atoms with Crippen molar-refractivity contribution in [3.05, 3.63) is 0 Å². The molecule has 0 heterocycles. The number of carboxylic acids is 1. The number of ether oxygens (including phenoxy) is 1. The van der Waals surface area contributed by atoms with Crippen LogP contribution in [0, 0.1) is 0 Å². The van der Waals surface area contributed by atoms with Gasteiger partial charge in [0.1, 0.15) is 0 Å². The molecular weight excluding hydrogens is 252 g/mol. The first-order valence-electron chi connectivity index (χ1n) is 5.96. The summed E-state index contributed by atoms with van der Waals surface area (Å²) in [5.41, 5.74) is 0. The van der Waals surface area contributed by atoms with Gasteiger partial charge in [-0.05, 0) is 18.1 Å². The number of aliphatic carboxylic acids is 1. The van der Waals surface area contributed by atoms with E-state index in [1.54, 1.807) is 0 Å². The highest BCUT2D eigenvalue weighted by Gasteiger charge is 2.40. The number of carboxylic acid groups (broad SMARTS) is 1. The first kappa shape index (κ1) is 17.1. The van der Waals surface area contributed by atoms with E-state index in [9.17, 15) is 9.59 Å². The van der Waals surface area contributed by atoms with Gasteiger partial charge < -0.3 is 14.3 Å². The zero-order chi connectivity index (χ0) is 14.6. The fourth-order valence-electron chi connectivity index (χ4n) is 1.21. The van der Waals surface area contributed by atoms with E-state index in [1.807, 2.05) is 13.1 Å². The van der Waals surface area contributed by atoms with Crippen molar-refractivity contribution < 1.29 is 23.9 Å². The highest BCUT2D eigenvalue weighted by Crippen LogP contribution is 2.38.